The molecule has 1 amide bonds. The second-order valence-corrected chi connectivity index (χ2v) is 7.69. The lowest BCUT2D eigenvalue weighted by molar-refractivity contribution is -0.143. The summed E-state index contributed by atoms with van der Waals surface area (Å²) in [5, 5.41) is 10.5. The van der Waals surface area contributed by atoms with E-state index in [1.165, 1.54) is 5.56 Å². The highest BCUT2D eigenvalue weighted by molar-refractivity contribution is 5.76. The zero-order valence-corrected chi connectivity index (χ0v) is 18.4. The second kappa shape index (κ2) is 13.3. The molecule has 31 heavy (non-hydrogen) atoms. The Morgan fingerprint density at radius 1 is 0.968 bits per heavy atom. The minimum atomic E-state index is -0.173. The van der Waals surface area contributed by atoms with Crippen molar-refractivity contribution in [3.63, 3.8) is 0 Å². The molecule has 0 spiro atoms. The molecule has 1 atom stereocenters. The van der Waals surface area contributed by atoms with Crippen LogP contribution in [-0.4, -0.2) is 29.6 Å². The van der Waals surface area contributed by atoms with E-state index in [2.05, 4.69) is 48.3 Å². The quantitative estimate of drug-likeness (QED) is 0.222. The highest BCUT2D eigenvalue weighted by Crippen LogP contribution is 2.20. The number of benzene rings is 2. The maximum absolute atomic E-state index is 12.3. The summed E-state index contributed by atoms with van der Waals surface area (Å²) in [5.41, 5.74) is 3.49. The molecule has 0 unspecified atom stereocenters. The molecule has 5 heteroatoms. The molecule has 0 saturated heterocycles. The van der Waals surface area contributed by atoms with E-state index < -0.39 is 0 Å². The Kier molecular flexibility index (Phi) is 10.4. The molecular formula is C26H34NO4+. The van der Waals surface area contributed by atoms with E-state index in [0.29, 0.717) is 19.4 Å². The molecule has 0 fully saturated rings. The van der Waals surface area contributed by atoms with Gasteiger partial charge in [-0.05, 0) is 49.5 Å². The van der Waals surface area contributed by atoms with Crippen LogP contribution in [0.4, 0.5) is 0 Å². The lowest BCUT2D eigenvalue weighted by Crippen LogP contribution is -2.36. The molecule has 0 aromatic heterocycles. The normalized spacial score (nSPS) is 11.5. The van der Waals surface area contributed by atoms with Crippen LogP contribution in [0.1, 0.15) is 51.0 Å². The van der Waals surface area contributed by atoms with E-state index in [9.17, 15) is 9.59 Å². The predicted octanol–water partition coefficient (Wildman–Crippen LogP) is 4.52. The number of rotatable bonds is 13. The van der Waals surface area contributed by atoms with Crippen molar-refractivity contribution in [2.24, 2.45) is 0 Å². The van der Waals surface area contributed by atoms with Crippen molar-refractivity contribution >= 4 is 11.9 Å². The van der Waals surface area contributed by atoms with Crippen molar-refractivity contribution in [2.75, 3.05) is 6.61 Å². The largest absolute Gasteiger partial charge is 0.597 e. The fourth-order valence-corrected chi connectivity index (χ4v) is 3.43. The molecule has 2 rings (SSSR count). The molecule has 2 aromatic rings. The maximum atomic E-state index is 12.3. The van der Waals surface area contributed by atoms with Crippen LogP contribution >= 0.6 is 0 Å². The van der Waals surface area contributed by atoms with Crippen molar-refractivity contribution in [1.29, 1.82) is 0 Å². The van der Waals surface area contributed by atoms with Crippen LogP contribution in [0, 0.1) is 0 Å². The molecule has 5 nitrogen and oxygen atoms in total. The van der Waals surface area contributed by atoms with Gasteiger partial charge in [0.05, 0.1) is 13.0 Å². The van der Waals surface area contributed by atoms with Gasteiger partial charge in [-0.2, -0.15) is 0 Å². The highest BCUT2D eigenvalue weighted by atomic mass is 16.5. The monoisotopic (exact) mass is 424 g/mol. The maximum Gasteiger partial charge on any atom is 0.305 e. The first-order valence-electron chi connectivity index (χ1n) is 11.0. The molecule has 0 aliphatic carbocycles. The van der Waals surface area contributed by atoms with E-state index >= 15 is 0 Å². The van der Waals surface area contributed by atoms with Gasteiger partial charge >= 0.3 is 5.97 Å². The molecule has 0 saturated carbocycles. The molecule has 0 aliphatic rings. The number of allylic oxidation sites excluding steroid dienone is 1. The number of ether oxygens (including phenoxy) is 1. The molecule has 0 aliphatic heterocycles. The van der Waals surface area contributed by atoms with Crippen LogP contribution in [0.2, 0.25) is 0 Å². The van der Waals surface area contributed by atoms with E-state index in [1.807, 2.05) is 18.2 Å². The smallest absolute Gasteiger partial charge is 0.305 e. The van der Waals surface area contributed by atoms with Crippen LogP contribution in [0.3, 0.4) is 0 Å². The number of esters is 1. The second-order valence-electron chi connectivity index (χ2n) is 7.69. The third-order valence-corrected chi connectivity index (χ3v) is 5.05. The van der Waals surface area contributed by atoms with Gasteiger partial charge < -0.3 is 15.2 Å². The van der Waals surface area contributed by atoms with Crippen molar-refractivity contribution in [3.05, 3.63) is 72.5 Å². The zero-order valence-electron chi connectivity index (χ0n) is 18.4. The van der Waals surface area contributed by atoms with Gasteiger partial charge in [0.1, 0.15) is 0 Å². The third kappa shape index (κ3) is 9.51. The van der Waals surface area contributed by atoms with Gasteiger partial charge in [0.15, 0.2) is 0 Å². The summed E-state index contributed by atoms with van der Waals surface area (Å²) in [6, 6.07) is 18.6. The van der Waals surface area contributed by atoms with Crippen molar-refractivity contribution in [1.82, 2.24) is 5.32 Å². The minimum absolute atomic E-state index is 0.0173. The summed E-state index contributed by atoms with van der Waals surface area (Å²) >= 11 is 0. The average molecular weight is 425 g/mol. The van der Waals surface area contributed by atoms with Crippen molar-refractivity contribution < 1.29 is 19.4 Å². The lowest BCUT2D eigenvalue weighted by Gasteiger charge is -2.19. The van der Waals surface area contributed by atoms with Crippen LogP contribution in [0.5, 0.6) is 0 Å². The first-order valence-corrected chi connectivity index (χ1v) is 11.0. The third-order valence-electron chi connectivity index (χ3n) is 5.05. The van der Waals surface area contributed by atoms with Crippen molar-refractivity contribution in [3.8, 4) is 11.1 Å². The van der Waals surface area contributed by atoms with Crippen LogP contribution < -0.4 is 5.32 Å². The molecule has 0 radical (unpaired) electrons. The van der Waals surface area contributed by atoms with Crippen molar-refractivity contribution in [2.45, 2.75) is 57.9 Å². The molecule has 166 valence electrons. The van der Waals surface area contributed by atoms with E-state index in [0.717, 1.165) is 36.8 Å². The van der Waals surface area contributed by atoms with E-state index in [1.54, 1.807) is 6.92 Å². The van der Waals surface area contributed by atoms with Crippen LogP contribution in [0.25, 0.3) is 11.1 Å². The average Bonchev–Trinajstić information content (AvgIpc) is 2.76. The predicted molar refractivity (Wildman–Crippen MR) is 125 cm³/mol. The Morgan fingerprint density at radius 2 is 1.65 bits per heavy atom. The lowest BCUT2D eigenvalue weighted by atomic mass is 9.97. The summed E-state index contributed by atoms with van der Waals surface area (Å²) in [6.45, 7) is 5.75. The van der Waals surface area contributed by atoms with Crippen LogP contribution in [0.15, 0.2) is 66.9 Å². The number of unbranched alkanes of at least 4 members (excludes halogenated alkanes) is 1. The standard InChI is InChI=1S/C26H33NO4/c1-3-31-26(30)12-8-7-11-24(27-25(29)18-13-20(2)28)19-21-14-16-23(17-15-21)22-9-5-4-6-10-22/h4-6,9-10,14-17,24,28H,2-3,7-8,11-13,18-19H2,1H3,(H,27,29)/p+1/t24-/m0/s1. The summed E-state index contributed by atoms with van der Waals surface area (Å²) in [4.78, 5) is 23.8. The Bertz CT molecular complexity index is 830. The number of hydrogen-bond acceptors (Lipinski definition) is 3. The van der Waals surface area contributed by atoms with Gasteiger partial charge in [-0.15, -0.1) is 0 Å². The Morgan fingerprint density at radius 3 is 2.29 bits per heavy atom. The first kappa shape index (κ1) is 24.2. The number of carbonyl (C=O) groups excluding carboxylic acids is 2. The summed E-state index contributed by atoms with van der Waals surface area (Å²) in [7, 11) is 0. The van der Waals surface area contributed by atoms with Gasteiger partial charge in [0.2, 0.25) is 11.7 Å². The van der Waals surface area contributed by atoms with Gasteiger partial charge in [-0.25, -0.2) is 0 Å². The zero-order chi connectivity index (χ0) is 22.5. The molecule has 3 N–H and O–H groups in total. The summed E-state index contributed by atoms with van der Waals surface area (Å²) < 4.78 is 4.98. The number of amides is 1. The summed E-state index contributed by atoms with van der Waals surface area (Å²) in [5.74, 6) is 0.0240. The van der Waals surface area contributed by atoms with Gasteiger partial charge in [-0.3, -0.25) is 9.59 Å². The Balaban J connectivity index is 1.95. The molecule has 0 heterocycles. The fourth-order valence-electron chi connectivity index (χ4n) is 3.43. The Labute approximate surface area is 185 Å². The number of carbonyl (C=O) groups is 2. The van der Waals surface area contributed by atoms with Crippen LogP contribution in [-0.2, 0) is 20.7 Å². The van der Waals surface area contributed by atoms with Gasteiger partial charge in [-0.1, -0.05) is 61.0 Å². The number of hydrogen-bond donors (Lipinski definition) is 1. The van der Waals surface area contributed by atoms with E-state index in [4.69, 9.17) is 9.84 Å². The molecular weight excluding hydrogens is 390 g/mol. The highest BCUT2D eigenvalue weighted by Gasteiger charge is 2.15. The number of nitrogens with one attached hydrogen (secondary N) is 1. The minimum Gasteiger partial charge on any atom is -0.597 e. The molecule has 2 aromatic carbocycles. The topological polar surface area (TPSA) is 78.3 Å². The fraction of sp³-hybridized carbons (Fsp3) is 0.385. The van der Waals surface area contributed by atoms with Gasteiger partial charge in [0, 0.05) is 18.9 Å². The first-order chi connectivity index (χ1) is 15.0. The summed E-state index contributed by atoms with van der Waals surface area (Å²) in [6.07, 6.45) is 4.12. The SMILES string of the molecule is C=C([OH2+])CCC(=O)N[C@@H](CCCCC(=O)OCC)Cc1ccc(-c2ccccc2)cc1. The van der Waals surface area contributed by atoms with Gasteiger partial charge in [0.25, 0.3) is 0 Å². The molecule has 0 bridgehead atoms. The van der Waals surface area contributed by atoms with E-state index in [-0.39, 0.29) is 30.1 Å². The Hall–Kier alpha value is -3.08.